The summed E-state index contributed by atoms with van der Waals surface area (Å²) >= 11 is 0. The highest BCUT2D eigenvalue weighted by molar-refractivity contribution is 6.03. The molecule has 1 heterocycles. The number of carbonyl (C=O) groups excluding carboxylic acids is 1. The van der Waals surface area contributed by atoms with Gasteiger partial charge in [-0.1, -0.05) is 12.1 Å². The van der Waals surface area contributed by atoms with E-state index in [1.807, 2.05) is 0 Å². The zero-order valence-electron chi connectivity index (χ0n) is 9.20. The van der Waals surface area contributed by atoms with Gasteiger partial charge in [0.15, 0.2) is 0 Å². The zero-order valence-corrected chi connectivity index (χ0v) is 9.20. The maximum absolute atomic E-state index is 12.9. The maximum Gasteiger partial charge on any atom is 0.369 e. The zero-order chi connectivity index (χ0) is 14.2. The van der Waals surface area contributed by atoms with Crippen LogP contribution in [0, 0.1) is 0 Å². The number of carbonyl (C=O) groups is 1. The summed E-state index contributed by atoms with van der Waals surface area (Å²) in [5.74, 6) is -7.17. The summed E-state index contributed by atoms with van der Waals surface area (Å²) in [7, 11) is 0. The number of alkyl halides is 4. The van der Waals surface area contributed by atoms with Crippen LogP contribution in [0.4, 0.5) is 17.6 Å². The van der Waals surface area contributed by atoms with Crippen LogP contribution >= 0.6 is 0 Å². The number of hydrogen-bond acceptors (Lipinski definition) is 3. The highest BCUT2D eigenvalue weighted by Crippen LogP contribution is 2.27. The number of halogens is 4. The Balaban J connectivity index is 2.62. The Labute approximate surface area is 103 Å². The fourth-order valence-electron chi connectivity index (χ4n) is 1.51. The lowest BCUT2D eigenvalue weighted by atomic mass is 10.1. The summed E-state index contributed by atoms with van der Waals surface area (Å²) in [5.41, 5.74) is -2.08. The van der Waals surface area contributed by atoms with Gasteiger partial charge in [0.25, 0.3) is 0 Å². The molecule has 3 nitrogen and oxygen atoms in total. The van der Waals surface area contributed by atoms with Gasteiger partial charge in [-0.2, -0.15) is 8.78 Å². The van der Waals surface area contributed by atoms with E-state index in [2.05, 4.69) is 0 Å². The monoisotopic (exact) mass is 274 g/mol. The Kier molecular flexibility index (Phi) is 3.13. The fourth-order valence-corrected chi connectivity index (χ4v) is 1.51. The molecule has 1 aromatic heterocycles. The molecule has 0 bridgehead atoms. The van der Waals surface area contributed by atoms with Crippen LogP contribution < -0.4 is 5.43 Å². The third-order valence-electron chi connectivity index (χ3n) is 2.50. The van der Waals surface area contributed by atoms with Crippen LogP contribution in [0.15, 0.2) is 39.7 Å². The molecule has 0 radical (unpaired) electrons. The van der Waals surface area contributed by atoms with Gasteiger partial charge in [0.05, 0.1) is 5.39 Å². The van der Waals surface area contributed by atoms with Crippen molar-refractivity contribution in [2.45, 2.75) is 12.3 Å². The number of para-hydroxylation sites is 1. The van der Waals surface area contributed by atoms with Gasteiger partial charge in [-0.05, 0) is 12.1 Å². The van der Waals surface area contributed by atoms with Crippen LogP contribution in [-0.4, -0.2) is 18.1 Å². The summed E-state index contributed by atoms with van der Waals surface area (Å²) in [4.78, 5) is 23.1. The standard InChI is InChI=1S/C12H6F4O3/c13-11(14)12(15,16)10(18)7-5-19-8-4-2-1-3-6(8)9(7)17/h1-5,11H. The quantitative estimate of drug-likeness (QED) is 0.638. The van der Waals surface area contributed by atoms with E-state index in [9.17, 15) is 27.2 Å². The lowest BCUT2D eigenvalue weighted by Gasteiger charge is -2.12. The molecule has 2 aromatic rings. The smallest absolute Gasteiger partial charge is 0.369 e. The Morgan fingerprint density at radius 1 is 1.21 bits per heavy atom. The van der Waals surface area contributed by atoms with Crippen molar-refractivity contribution in [2.75, 3.05) is 0 Å². The van der Waals surface area contributed by atoms with E-state index < -0.39 is 29.1 Å². The normalized spacial score (nSPS) is 12.1. The van der Waals surface area contributed by atoms with Crippen molar-refractivity contribution in [3.05, 3.63) is 46.3 Å². The van der Waals surface area contributed by atoms with E-state index in [4.69, 9.17) is 4.42 Å². The molecule has 0 saturated heterocycles. The molecule has 19 heavy (non-hydrogen) atoms. The van der Waals surface area contributed by atoms with Crippen LogP contribution in [0.3, 0.4) is 0 Å². The summed E-state index contributed by atoms with van der Waals surface area (Å²) < 4.78 is 54.9. The maximum atomic E-state index is 12.9. The first kappa shape index (κ1) is 13.3. The lowest BCUT2D eigenvalue weighted by molar-refractivity contribution is -0.0959. The van der Waals surface area contributed by atoms with Gasteiger partial charge in [0, 0.05) is 0 Å². The first-order chi connectivity index (χ1) is 8.85. The van der Waals surface area contributed by atoms with Crippen molar-refractivity contribution >= 4 is 16.8 Å². The second-order valence-electron chi connectivity index (χ2n) is 3.73. The molecular weight excluding hydrogens is 268 g/mol. The average Bonchev–Trinajstić information content (AvgIpc) is 2.38. The van der Waals surface area contributed by atoms with Crippen LogP contribution in [0.2, 0.25) is 0 Å². The first-order valence-electron chi connectivity index (χ1n) is 5.07. The predicted octanol–water partition coefficient (Wildman–Crippen LogP) is 2.88. The molecule has 0 aliphatic rings. The molecule has 0 atom stereocenters. The van der Waals surface area contributed by atoms with Gasteiger partial charge >= 0.3 is 12.3 Å². The number of benzene rings is 1. The Morgan fingerprint density at radius 3 is 2.47 bits per heavy atom. The SMILES string of the molecule is O=C(c1coc2ccccc2c1=O)C(F)(F)C(F)F. The van der Waals surface area contributed by atoms with Crippen LogP contribution in [0.1, 0.15) is 10.4 Å². The minimum absolute atomic E-state index is 0.0735. The van der Waals surface area contributed by atoms with Crippen LogP contribution in [-0.2, 0) is 0 Å². The largest absolute Gasteiger partial charge is 0.463 e. The Hall–Kier alpha value is -2.18. The van der Waals surface area contributed by atoms with Gasteiger partial charge in [-0.15, -0.1) is 0 Å². The van der Waals surface area contributed by atoms with E-state index in [1.54, 1.807) is 0 Å². The number of Topliss-reactive ketones (excluding diaryl/α,β-unsaturated/α-hetero) is 1. The van der Waals surface area contributed by atoms with Crippen LogP contribution in [0.5, 0.6) is 0 Å². The third-order valence-corrected chi connectivity index (χ3v) is 2.50. The van der Waals surface area contributed by atoms with Gasteiger partial charge < -0.3 is 4.42 Å². The van der Waals surface area contributed by atoms with E-state index in [0.717, 1.165) is 0 Å². The van der Waals surface area contributed by atoms with Gasteiger partial charge in [0.2, 0.25) is 11.2 Å². The second-order valence-corrected chi connectivity index (χ2v) is 3.73. The fraction of sp³-hybridized carbons (Fsp3) is 0.167. The van der Waals surface area contributed by atoms with Crippen molar-refractivity contribution < 1.29 is 26.8 Å². The topological polar surface area (TPSA) is 47.3 Å². The van der Waals surface area contributed by atoms with Gasteiger partial charge in [-0.3, -0.25) is 9.59 Å². The average molecular weight is 274 g/mol. The minimum atomic E-state index is -4.92. The third kappa shape index (κ3) is 2.11. The Morgan fingerprint density at radius 2 is 1.84 bits per heavy atom. The van der Waals surface area contributed by atoms with Crippen molar-refractivity contribution in [1.29, 1.82) is 0 Å². The van der Waals surface area contributed by atoms with E-state index in [1.165, 1.54) is 24.3 Å². The van der Waals surface area contributed by atoms with Gasteiger partial charge in [-0.25, -0.2) is 8.78 Å². The minimum Gasteiger partial charge on any atom is -0.463 e. The van der Waals surface area contributed by atoms with Crippen molar-refractivity contribution in [2.24, 2.45) is 0 Å². The van der Waals surface area contributed by atoms with Crippen LogP contribution in [0.25, 0.3) is 11.0 Å². The van der Waals surface area contributed by atoms with Crippen molar-refractivity contribution in [3.63, 3.8) is 0 Å². The molecule has 0 aliphatic heterocycles. The molecule has 0 spiro atoms. The van der Waals surface area contributed by atoms with E-state index >= 15 is 0 Å². The second kappa shape index (κ2) is 4.49. The van der Waals surface area contributed by atoms with E-state index in [-0.39, 0.29) is 11.0 Å². The molecule has 7 heteroatoms. The summed E-state index contributed by atoms with van der Waals surface area (Å²) in [6.07, 6.45) is -3.71. The molecule has 100 valence electrons. The molecule has 0 amide bonds. The molecular formula is C12H6F4O3. The molecule has 0 aliphatic carbocycles. The van der Waals surface area contributed by atoms with E-state index in [0.29, 0.717) is 6.26 Å². The van der Waals surface area contributed by atoms with Crippen molar-refractivity contribution in [3.8, 4) is 0 Å². The highest BCUT2D eigenvalue weighted by Gasteiger charge is 2.50. The molecule has 0 fully saturated rings. The summed E-state index contributed by atoms with van der Waals surface area (Å²) in [6.45, 7) is 0. The first-order valence-corrected chi connectivity index (χ1v) is 5.07. The molecule has 1 aromatic carbocycles. The van der Waals surface area contributed by atoms with Gasteiger partial charge in [0.1, 0.15) is 17.4 Å². The molecule has 0 unspecified atom stereocenters. The molecule has 0 N–H and O–H groups in total. The molecule has 2 rings (SSSR count). The Bertz CT molecular complexity index is 691. The highest BCUT2D eigenvalue weighted by atomic mass is 19.3. The molecule has 0 saturated carbocycles. The number of fused-ring (bicyclic) bond motifs is 1. The number of rotatable bonds is 3. The number of hydrogen-bond donors (Lipinski definition) is 0. The summed E-state index contributed by atoms with van der Waals surface area (Å²) in [6, 6.07) is 5.59. The lowest BCUT2D eigenvalue weighted by Crippen LogP contribution is -2.38. The predicted molar refractivity (Wildman–Crippen MR) is 57.8 cm³/mol. The number of ketones is 1. The van der Waals surface area contributed by atoms with Crippen molar-refractivity contribution in [1.82, 2.24) is 0 Å². The summed E-state index contributed by atoms with van der Waals surface area (Å²) in [5, 5.41) is -0.126.